The van der Waals surface area contributed by atoms with Crippen LogP contribution in [0.5, 0.6) is 0 Å². The van der Waals surface area contributed by atoms with Gasteiger partial charge in [0.15, 0.2) is 12.2 Å². The fraction of sp³-hybridized carbons (Fsp3) is 0.952. The number of esters is 4. The first-order valence-electron chi connectivity index (χ1n) is 43.3. The first-order valence-corrected chi connectivity index (χ1v) is 46.3. The fourth-order valence-electron chi connectivity index (χ4n) is 12.9. The van der Waals surface area contributed by atoms with Gasteiger partial charge in [-0.15, -0.1) is 0 Å². The van der Waals surface area contributed by atoms with Crippen molar-refractivity contribution in [2.24, 2.45) is 23.7 Å². The maximum atomic E-state index is 13.1. The number of hydrogen-bond donors (Lipinski definition) is 3. The molecule has 3 N–H and O–H groups in total. The zero-order chi connectivity index (χ0) is 76.0. The van der Waals surface area contributed by atoms with Gasteiger partial charge in [-0.2, -0.15) is 0 Å². The molecule has 4 unspecified atom stereocenters. The molecule has 0 heterocycles. The topological polar surface area (TPSA) is 237 Å². The van der Waals surface area contributed by atoms with Crippen LogP contribution in [0.4, 0.5) is 0 Å². The van der Waals surface area contributed by atoms with Gasteiger partial charge >= 0.3 is 39.5 Å². The Morgan fingerprint density at radius 3 is 0.689 bits per heavy atom. The van der Waals surface area contributed by atoms with Crippen LogP contribution < -0.4 is 0 Å². The quantitative estimate of drug-likeness (QED) is 0.0222. The number of unbranched alkanes of at least 4 members (excludes halogenated alkanes) is 45. The zero-order valence-electron chi connectivity index (χ0n) is 68.0. The van der Waals surface area contributed by atoms with Crippen molar-refractivity contribution >= 4 is 39.5 Å². The van der Waals surface area contributed by atoms with Crippen molar-refractivity contribution in [3.8, 4) is 0 Å². The average molecular weight is 1510 g/mol. The molecule has 0 saturated carbocycles. The van der Waals surface area contributed by atoms with Gasteiger partial charge in [-0.3, -0.25) is 37.3 Å². The van der Waals surface area contributed by atoms with Gasteiger partial charge in [-0.1, -0.05) is 383 Å². The van der Waals surface area contributed by atoms with Crippen molar-refractivity contribution in [2.75, 3.05) is 39.6 Å². The molecule has 7 atom stereocenters. The van der Waals surface area contributed by atoms with Crippen molar-refractivity contribution in [3.05, 3.63) is 0 Å². The Kier molecular flexibility index (Phi) is 71.5. The molecule has 0 aromatic rings. The maximum absolute atomic E-state index is 13.1. The van der Waals surface area contributed by atoms with E-state index >= 15 is 0 Å². The molecule has 0 aliphatic rings. The molecule has 0 aromatic carbocycles. The van der Waals surface area contributed by atoms with Crippen LogP contribution >= 0.6 is 15.6 Å². The van der Waals surface area contributed by atoms with Crippen LogP contribution in [0.25, 0.3) is 0 Å². The number of hydrogen-bond acceptors (Lipinski definition) is 15. The lowest BCUT2D eigenvalue weighted by molar-refractivity contribution is -0.161. The molecule has 0 amide bonds. The Bertz CT molecular complexity index is 2010. The molecule has 0 fully saturated rings. The van der Waals surface area contributed by atoms with Gasteiger partial charge in [0, 0.05) is 25.7 Å². The number of ether oxygens (including phenoxy) is 4. The minimum absolute atomic E-state index is 0.105. The summed E-state index contributed by atoms with van der Waals surface area (Å²) in [5, 5.41) is 10.7. The van der Waals surface area contributed by atoms with E-state index in [-0.39, 0.29) is 25.7 Å². The second kappa shape index (κ2) is 72.9. The fourth-order valence-corrected chi connectivity index (χ4v) is 14.5. The molecule has 103 heavy (non-hydrogen) atoms. The van der Waals surface area contributed by atoms with E-state index in [1.54, 1.807) is 0 Å². The lowest BCUT2D eigenvalue weighted by Gasteiger charge is -2.21. The molecule has 0 radical (unpaired) electrons. The highest BCUT2D eigenvalue weighted by atomic mass is 31.2. The number of aliphatic hydroxyl groups excluding tert-OH is 1. The molecule has 0 bridgehead atoms. The maximum Gasteiger partial charge on any atom is 0.472 e. The Morgan fingerprint density at radius 2 is 0.466 bits per heavy atom. The highest BCUT2D eigenvalue weighted by Crippen LogP contribution is 2.45. The standard InChI is InChI=1S/C84H164O17P2/c1-9-76(7)62-54-46-38-32-28-29-35-41-51-59-67-84(89)101-80(71-95-82(87)65-57-49-43-42-47-55-63-77(8)10-2)73-99-103(92,93)97-69-78(85)68-96-102(90,91)98-72-79(70-94-81(86)64-56-48-39-33-26-22-19-15-17-21-25-31-37-45-53-61-75(5)6)100-83(88)66-58-50-40-34-27-23-18-14-12-11-13-16-20-24-30-36-44-52-60-74(3)4/h74-80,85H,9-73H2,1-8H3,(H,90,91)(H,92,93)/t76?,77?,78-,79-,80-/m1/s1. The Balaban J connectivity index is 5.24. The molecule has 19 heteroatoms. The Hall–Kier alpha value is -1.94. The molecule has 0 saturated heterocycles. The van der Waals surface area contributed by atoms with Gasteiger partial charge in [-0.05, 0) is 49.4 Å². The summed E-state index contributed by atoms with van der Waals surface area (Å²) in [6, 6.07) is 0. The van der Waals surface area contributed by atoms with Crippen molar-refractivity contribution in [1.82, 2.24) is 0 Å². The van der Waals surface area contributed by atoms with Gasteiger partial charge in [-0.25, -0.2) is 9.13 Å². The number of rotatable bonds is 81. The number of carbonyl (C=O) groups is 4. The first-order chi connectivity index (χ1) is 49.7. The van der Waals surface area contributed by atoms with Crippen LogP contribution in [0.2, 0.25) is 0 Å². The lowest BCUT2D eigenvalue weighted by atomic mass is 9.99. The van der Waals surface area contributed by atoms with E-state index in [0.717, 1.165) is 120 Å². The molecular formula is C84H164O17P2. The van der Waals surface area contributed by atoms with E-state index in [1.165, 1.54) is 231 Å². The molecular weight excluding hydrogens is 1340 g/mol. The van der Waals surface area contributed by atoms with Gasteiger partial charge in [0.2, 0.25) is 0 Å². The van der Waals surface area contributed by atoms with E-state index in [1.807, 2.05) is 0 Å². The van der Waals surface area contributed by atoms with E-state index in [2.05, 4.69) is 55.4 Å². The largest absolute Gasteiger partial charge is 0.472 e. The Labute approximate surface area is 632 Å². The predicted molar refractivity (Wildman–Crippen MR) is 423 cm³/mol. The van der Waals surface area contributed by atoms with Gasteiger partial charge < -0.3 is 33.8 Å². The smallest absolute Gasteiger partial charge is 0.462 e. The van der Waals surface area contributed by atoms with Crippen molar-refractivity contribution in [1.29, 1.82) is 0 Å². The monoisotopic (exact) mass is 1510 g/mol. The van der Waals surface area contributed by atoms with Gasteiger partial charge in [0.05, 0.1) is 26.4 Å². The van der Waals surface area contributed by atoms with Crippen LogP contribution in [-0.2, 0) is 65.4 Å². The summed E-state index contributed by atoms with van der Waals surface area (Å²) in [4.78, 5) is 73.1. The van der Waals surface area contributed by atoms with Crippen LogP contribution in [0.3, 0.4) is 0 Å². The highest BCUT2D eigenvalue weighted by molar-refractivity contribution is 7.47. The van der Waals surface area contributed by atoms with Gasteiger partial charge in [0.1, 0.15) is 19.3 Å². The third-order valence-electron chi connectivity index (χ3n) is 20.3. The van der Waals surface area contributed by atoms with Crippen molar-refractivity contribution in [2.45, 2.75) is 453 Å². The first kappa shape index (κ1) is 101. The van der Waals surface area contributed by atoms with Gasteiger partial charge in [0.25, 0.3) is 0 Å². The summed E-state index contributed by atoms with van der Waals surface area (Å²) in [5.41, 5.74) is 0. The second-order valence-corrected chi connectivity index (χ2v) is 34.6. The minimum atomic E-state index is -4.97. The summed E-state index contributed by atoms with van der Waals surface area (Å²) in [6.07, 6.45) is 61.1. The zero-order valence-corrected chi connectivity index (χ0v) is 69.7. The van der Waals surface area contributed by atoms with Crippen molar-refractivity contribution in [3.63, 3.8) is 0 Å². The van der Waals surface area contributed by atoms with E-state index in [0.29, 0.717) is 25.7 Å². The molecule has 0 rings (SSSR count). The Morgan fingerprint density at radius 1 is 0.272 bits per heavy atom. The molecule has 0 aromatic heterocycles. The molecule has 612 valence electrons. The van der Waals surface area contributed by atoms with E-state index < -0.39 is 97.5 Å². The van der Waals surface area contributed by atoms with E-state index in [4.69, 9.17) is 37.0 Å². The van der Waals surface area contributed by atoms with Crippen LogP contribution in [0.15, 0.2) is 0 Å². The highest BCUT2D eigenvalue weighted by Gasteiger charge is 2.30. The molecule has 0 spiro atoms. The molecule has 17 nitrogen and oxygen atoms in total. The third kappa shape index (κ3) is 75.3. The summed E-state index contributed by atoms with van der Waals surface area (Å²) >= 11 is 0. The number of aliphatic hydroxyl groups is 1. The average Bonchev–Trinajstić information content (AvgIpc) is 0.931. The normalized spacial score (nSPS) is 14.5. The number of carbonyl (C=O) groups excluding carboxylic acids is 4. The summed E-state index contributed by atoms with van der Waals surface area (Å²) in [6.45, 7) is 14.3. The second-order valence-electron chi connectivity index (χ2n) is 31.7. The molecule has 0 aliphatic carbocycles. The predicted octanol–water partition coefficient (Wildman–Crippen LogP) is 25.2. The summed E-state index contributed by atoms with van der Waals surface area (Å²) in [5.74, 6) is 1.05. The minimum Gasteiger partial charge on any atom is -0.462 e. The van der Waals surface area contributed by atoms with Crippen LogP contribution in [-0.4, -0.2) is 96.7 Å². The van der Waals surface area contributed by atoms with Crippen molar-refractivity contribution < 1.29 is 80.2 Å². The number of phosphoric acid groups is 2. The van der Waals surface area contributed by atoms with E-state index in [9.17, 15) is 43.2 Å². The van der Waals surface area contributed by atoms with Crippen LogP contribution in [0, 0.1) is 23.7 Å². The summed E-state index contributed by atoms with van der Waals surface area (Å²) < 4.78 is 68.8. The lowest BCUT2D eigenvalue weighted by Crippen LogP contribution is -2.30. The SMILES string of the molecule is CCC(C)CCCCCCCCCCCCC(=O)O[C@H](COC(=O)CCCCCCCCC(C)CC)COP(=O)(O)OC[C@H](O)COP(=O)(O)OC[C@@H](COC(=O)CCCCCCCCCCCCCCCCCC(C)C)OC(=O)CCCCCCCCCCCCCCCCCCCCC(C)C. The molecule has 0 aliphatic heterocycles. The number of phosphoric ester groups is 2. The summed E-state index contributed by atoms with van der Waals surface area (Å²) in [7, 11) is -9.93. The van der Waals surface area contributed by atoms with Crippen LogP contribution in [0.1, 0.15) is 434 Å². The third-order valence-corrected chi connectivity index (χ3v) is 22.2.